The number of nitrogens with zero attached hydrogens (tertiary/aromatic N) is 1. The summed E-state index contributed by atoms with van der Waals surface area (Å²) in [5.74, 6) is -0.0459. The number of hydrogen-bond acceptors (Lipinski definition) is 4. The van der Waals surface area contributed by atoms with Gasteiger partial charge in [-0.2, -0.15) is 0 Å². The van der Waals surface area contributed by atoms with Crippen LogP contribution in [0.4, 0.5) is 30.4 Å². The molecule has 30 heavy (non-hydrogen) atoms. The molecule has 156 valence electrons. The number of rotatable bonds is 6. The highest BCUT2D eigenvalue weighted by molar-refractivity contribution is 6.07. The fraction of sp³-hybridized carbons (Fsp3) is 0.182. The minimum Gasteiger partial charge on any atom is -0.406 e. The van der Waals surface area contributed by atoms with Gasteiger partial charge in [0.15, 0.2) is 0 Å². The minimum atomic E-state index is -4.77. The molecule has 1 amide bonds. The minimum absolute atomic E-state index is 0.293. The van der Waals surface area contributed by atoms with Crippen molar-refractivity contribution in [2.45, 2.75) is 26.1 Å². The molecule has 5 nitrogen and oxygen atoms in total. The Hall–Kier alpha value is -3.55. The summed E-state index contributed by atoms with van der Waals surface area (Å²) in [4.78, 5) is 16.9. The van der Waals surface area contributed by atoms with Crippen LogP contribution in [0.25, 0.3) is 0 Å². The van der Waals surface area contributed by atoms with E-state index in [0.717, 1.165) is 17.8 Å². The monoisotopic (exact) mass is 415 g/mol. The van der Waals surface area contributed by atoms with Crippen LogP contribution in [0.3, 0.4) is 0 Å². The number of amides is 1. The molecule has 0 radical (unpaired) electrons. The van der Waals surface area contributed by atoms with Gasteiger partial charge >= 0.3 is 6.36 Å². The van der Waals surface area contributed by atoms with Crippen molar-refractivity contribution < 1.29 is 22.7 Å². The molecule has 0 saturated heterocycles. The predicted octanol–water partition coefficient (Wildman–Crippen LogP) is 6.10. The Morgan fingerprint density at radius 1 is 0.967 bits per heavy atom. The fourth-order valence-electron chi connectivity index (χ4n) is 2.71. The molecule has 0 aliphatic rings. The van der Waals surface area contributed by atoms with Gasteiger partial charge in [0.2, 0.25) is 0 Å². The molecule has 0 aliphatic carbocycles. The van der Waals surface area contributed by atoms with Crippen LogP contribution in [0.2, 0.25) is 0 Å². The standard InChI is InChI=1S/C22H20F3N3O2/c1-14(2)15-5-7-16(8-6-15)27-20-19(4-3-13-26-20)21(29)28-17-9-11-18(12-10-17)30-22(23,24)25/h3-14H,1-2H3,(H,26,27)(H,28,29). The maximum absolute atomic E-state index is 12.7. The Bertz CT molecular complexity index is 1000. The molecule has 2 N–H and O–H groups in total. The number of benzene rings is 2. The lowest BCUT2D eigenvalue weighted by Crippen LogP contribution is -2.17. The summed E-state index contributed by atoms with van der Waals surface area (Å²) in [6.07, 6.45) is -3.21. The molecule has 0 fully saturated rings. The van der Waals surface area contributed by atoms with Gasteiger partial charge in [0.05, 0.1) is 5.56 Å². The fourth-order valence-corrected chi connectivity index (χ4v) is 2.71. The summed E-state index contributed by atoms with van der Waals surface area (Å²) in [6.45, 7) is 4.21. The summed E-state index contributed by atoms with van der Waals surface area (Å²) in [5, 5.41) is 5.77. The molecule has 0 atom stereocenters. The maximum atomic E-state index is 12.7. The number of alkyl halides is 3. The number of hydrogen-bond donors (Lipinski definition) is 2. The number of carbonyl (C=O) groups excluding carboxylic acids is 1. The Kier molecular flexibility index (Phi) is 6.25. The van der Waals surface area contributed by atoms with Crippen molar-refractivity contribution in [3.05, 3.63) is 78.0 Å². The lowest BCUT2D eigenvalue weighted by atomic mass is 10.0. The van der Waals surface area contributed by atoms with Crippen molar-refractivity contribution in [2.75, 3.05) is 10.6 Å². The van der Waals surface area contributed by atoms with Gasteiger partial charge in [0.1, 0.15) is 11.6 Å². The van der Waals surface area contributed by atoms with Crippen LogP contribution >= 0.6 is 0 Å². The van der Waals surface area contributed by atoms with Crippen LogP contribution in [0.5, 0.6) is 5.75 Å². The van der Waals surface area contributed by atoms with Gasteiger partial charge < -0.3 is 15.4 Å². The number of aromatic nitrogens is 1. The molecule has 3 rings (SSSR count). The van der Waals surface area contributed by atoms with Gasteiger partial charge in [0.25, 0.3) is 5.91 Å². The Morgan fingerprint density at radius 2 is 1.60 bits per heavy atom. The molecular formula is C22H20F3N3O2. The summed E-state index contributed by atoms with van der Waals surface area (Å²) >= 11 is 0. The number of anilines is 3. The molecule has 1 heterocycles. The number of halogens is 3. The molecule has 3 aromatic rings. The number of pyridine rings is 1. The first-order valence-electron chi connectivity index (χ1n) is 9.20. The van der Waals surface area contributed by atoms with Gasteiger partial charge in [-0.25, -0.2) is 4.98 Å². The SMILES string of the molecule is CC(C)c1ccc(Nc2ncccc2C(=O)Nc2ccc(OC(F)(F)F)cc2)cc1. The number of ether oxygens (including phenoxy) is 1. The molecule has 0 saturated carbocycles. The summed E-state index contributed by atoms with van der Waals surface area (Å²) in [6, 6.07) is 16.0. The lowest BCUT2D eigenvalue weighted by Gasteiger charge is -2.13. The molecule has 0 bridgehead atoms. The topological polar surface area (TPSA) is 63.2 Å². The Morgan fingerprint density at radius 3 is 2.20 bits per heavy atom. The second kappa shape index (κ2) is 8.86. The number of nitrogens with one attached hydrogen (secondary N) is 2. The van der Waals surface area contributed by atoms with Crippen molar-refractivity contribution in [3.63, 3.8) is 0 Å². The third-order valence-electron chi connectivity index (χ3n) is 4.24. The van der Waals surface area contributed by atoms with Crippen molar-refractivity contribution in [1.82, 2.24) is 4.98 Å². The highest BCUT2D eigenvalue weighted by atomic mass is 19.4. The van der Waals surface area contributed by atoms with E-state index in [2.05, 4.69) is 34.2 Å². The first kappa shape index (κ1) is 21.2. The van der Waals surface area contributed by atoms with Crippen molar-refractivity contribution in [1.29, 1.82) is 0 Å². The van der Waals surface area contributed by atoms with Crippen LogP contribution in [-0.4, -0.2) is 17.3 Å². The second-order valence-corrected chi connectivity index (χ2v) is 6.83. The van der Waals surface area contributed by atoms with Gasteiger partial charge in [-0.05, 0) is 60.0 Å². The molecule has 0 aliphatic heterocycles. The third kappa shape index (κ3) is 5.73. The second-order valence-electron chi connectivity index (χ2n) is 6.83. The van der Waals surface area contributed by atoms with E-state index in [-0.39, 0.29) is 5.75 Å². The molecule has 2 aromatic carbocycles. The van der Waals surface area contributed by atoms with Gasteiger partial charge in [-0.3, -0.25) is 4.79 Å². The Balaban J connectivity index is 1.72. The predicted molar refractivity (Wildman–Crippen MR) is 109 cm³/mol. The van der Waals surface area contributed by atoms with Crippen LogP contribution < -0.4 is 15.4 Å². The van der Waals surface area contributed by atoms with E-state index in [4.69, 9.17) is 0 Å². The molecule has 8 heteroatoms. The summed E-state index contributed by atoms with van der Waals surface area (Å²) in [5.41, 5.74) is 2.59. The smallest absolute Gasteiger partial charge is 0.406 e. The Labute approximate surface area is 171 Å². The van der Waals surface area contributed by atoms with Gasteiger partial charge in [-0.1, -0.05) is 26.0 Å². The highest BCUT2D eigenvalue weighted by Gasteiger charge is 2.31. The van der Waals surface area contributed by atoms with Crippen LogP contribution in [-0.2, 0) is 0 Å². The largest absolute Gasteiger partial charge is 0.573 e. The quantitative estimate of drug-likeness (QED) is 0.511. The van der Waals surface area contributed by atoms with Gasteiger partial charge in [-0.15, -0.1) is 13.2 Å². The van der Waals surface area contributed by atoms with E-state index in [1.54, 1.807) is 18.3 Å². The first-order chi connectivity index (χ1) is 14.2. The third-order valence-corrected chi connectivity index (χ3v) is 4.24. The summed E-state index contributed by atoms with van der Waals surface area (Å²) < 4.78 is 40.6. The summed E-state index contributed by atoms with van der Waals surface area (Å²) in [7, 11) is 0. The average molecular weight is 415 g/mol. The molecule has 1 aromatic heterocycles. The lowest BCUT2D eigenvalue weighted by molar-refractivity contribution is -0.274. The maximum Gasteiger partial charge on any atom is 0.573 e. The van der Waals surface area contributed by atoms with E-state index in [0.29, 0.717) is 23.0 Å². The van der Waals surface area contributed by atoms with E-state index >= 15 is 0 Å². The van der Waals surface area contributed by atoms with Crippen LogP contribution in [0, 0.1) is 0 Å². The van der Waals surface area contributed by atoms with E-state index in [1.165, 1.54) is 17.7 Å². The van der Waals surface area contributed by atoms with Crippen molar-refractivity contribution in [3.8, 4) is 5.75 Å². The van der Waals surface area contributed by atoms with E-state index < -0.39 is 12.3 Å². The zero-order chi connectivity index (χ0) is 21.7. The zero-order valence-electron chi connectivity index (χ0n) is 16.3. The van der Waals surface area contributed by atoms with Crippen LogP contribution in [0.15, 0.2) is 66.9 Å². The van der Waals surface area contributed by atoms with Crippen molar-refractivity contribution >= 4 is 23.1 Å². The molecule has 0 unspecified atom stereocenters. The van der Waals surface area contributed by atoms with E-state index in [1.807, 2.05) is 24.3 Å². The molecular weight excluding hydrogens is 395 g/mol. The first-order valence-corrected chi connectivity index (χ1v) is 9.20. The zero-order valence-corrected chi connectivity index (χ0v) is 16.3. The average Bonchev–Trinajstić information content (AvgIpc) is 2.69. The van der Waals surface area contributed by atoms with Gasteiger partial charge in [0, 0.05) is 17.6 Å². The number of carbonyl (C=O) groups is 1. The van der Waals surface area contributed by atoms with Crippen molar-refractivity contribution in [2.24, 2.45) is 0 Å². The van der Waals surface area contributed by atoms with E-state index in [9.17, 15) is 18.0 Å². The normalized spacial score (nSPS) is 11.3. The highest BCUT2D eigenvalue weighted by Crippen LogP contribution is 2.25. The van der Waals surface area contributed by atoms with Crippen LogP contribution in [0.1, 0.15) is 35.7 Å². The molecule has 0 spiro atoms.